The average Bonchev–Trinajstić information content (AvgIpc) is 2.80. The Hall–Kier alpha value is -1.50. The fraction of sp³-hybridized carbons (Fsp3) is 0.875. The number of aliphatic hydroxyl groups is 1. The van der Waals surface area contributed by atoms with Crippen LogP contribution in [0.4, 0.5) is 9.59 Å². The van der Waals surface area contributed by atoms with Crippen LogP contribution in [0.3, 0.4) is 0 Å². The van der Waals surface area contributed by atoms with Gasteiger partial charge in [0.25, 0.3) is 0 Å². The molecule has 0 aromatic carbocycles. The number of hydrogen-bond acceptors (Lipinski definition) is 5. The highest BCUT2D eigenvalue weighted by Gasteiger charge is 2.36. The molecule has 1 heterocycles. The van der Waals surface area contributed by atoms with Crippen LogP contribution in [0.5, 0.6) is 0 Å². The first-order valence-electron chi connectivity index (χ1n) is 8.01. The van der Waals surface area contributed by atoms with E-state index in [1.165, 1.54) is 4.90 Å². The molecule has 1 saturated heterocycles. The second-order valence-corrected chi connectivity index (χ2v) is 7.77. The molecule has 0 radical (unpaired) electrons. The van der Waals surface area contributed by atoms with Gasteiger partial charge in [0.1, 0.15) is 11.2 Å². The van der Waals surface area contributed by atoms with Crippen molar-refractivity contribution in [2.75, 3.05) is 26.2 Å². The summed E-state index contributed by atoms with van der Waals surface area (Å²) in [5.41, 5.74) is -1.15. The smallest absolute Gasteiger partial charge is 0.410 e. The Labute approximate surface area is 138 Å². The molecule has 0 aromatic heterocycles. The molecule has 23 heavy (non-hydrogen) atoms. The highest BCUT2D eigenvalue weighted by molar-refractivity contribution is 5.70. The van der Waals surface area contributed by atoms with Crippen molar-refractivity contribution < 1.29 is 24.2 Å². The second-order valence-electron chi connectivity index (χ2n) is 7.77. The van der Waals surface area contributed by atoms with Gasteiger partial charge in [-0.05, 0) is 48.0 Å². The summed E-state index contributed by atoms with van der Waals surface area (Å²) in [6, 6.07) is -0.176. The van der Waals surface area contributed by atoms with E-state index < -0.39 is 17.3 Å². The average molecular weight is 330 g/mol. The molecule has 1 unspecified atom stereocenters. The first kappa shape index (κ1) is 19.5. The van der Waals surface area contributed by atoms with E-state index in [2.05, 4.69) is 0 Å². The van der Waals surface area contributed by atoms with Crippen molar-refractivity contribution in [1.82, 2.24) is 9.80 Å². The fourth-order valence-corrected chi connectivity index (χ4v) is 2.34. The maximum Gasteiger partial charge on any atom is 0.410 e. The summed E-state index contributed by atoms with van der Waals surface area (Å²) in [6.07, 6.45) is -0.214. The maximum atomic E-state index is 12.3. The van der Waals surface area contributed by atoms with Gasteiger partial charge in [-0.15, -0.1) is 0 Å². The number of hydrogen-bond donors (Lipinski definition) is 1. The molecule has 1 N–H and O–H groups in total. The van der Waals surface area contributed by atoms with Crippen LogP contribution in [-0.4, -0.2) is 70.6 Å². The van der Waals surface area contributed by atoms with Gasteiger partial charge >= 0.3 is 12.2 Å². The van der Waals surface area contributed by atoms with E-state index in [0.29, 0.717) is 19.5 Å². The number of nitrogens with zero attached hydrogens (tertiary/aromatic N) is 2. The third kappa shape index (κ3) is 6.64. The largest absolute Gasteiger partial charge is 0.444 e. The van der Waals surface area contributed by atoms with Crippen molar-refractivity contribution in [2.24, 2.45) is 0 Å². The minimum Gasteiger partial charge on any atom is -0.444 e. The molecule has 1 atom stereocenters. The molecule has 1 fully saturated rings. The standard InChI is InChI=1S/C16H30N2O5/c1-15(2,3)22-13(20)17-8-7-12(11-17)18(9-10-19)14(21)23-16(4,5)6/h12,19H,7-11H2,1-6H3. The lowest BCUT2D eigenvalue weighted by Gasteiger charge is -2.31. The Kier molecular flexibility index (Phi) is 6.27. The summed E-state index contributed by atoms with van der Waals surface area (Å²) in [5, 5.41) is 9.22. The van der Waals surface area contributed by atoms with E-state index in [1.807, 2.05) is 20.8 Å². The molecule has 0 bridgehead atoms. The van der Waals surface area contributed by atoms with Gasteiger partial charge < -0.3 is 24.4 Å². The predicted molar refractivity (Wildman–Crippen MR) is 86.2 cm³/mol. The van der Waals surface area contributed by atoms with Gasteiger partial charge in [0.15, 0.2) is 0 Å². The predicted octanol–water partition coefficient (Wildman–Crippen LogP) is 2.23. The van der Waals surface area contributed by atoms with Crippen LogP contribution < -0.4 is 0 Å². The zero-order chi connectivity index (χ0) is 17.8. The highest BCUT2D eigenvalue weighted by atomic mass is 16.6. The van der Waals surface area contributed by atoms with E-state index in [4.69, 9.17) is 9.47 Å². The summed E-state index contributed by atoms with van der Waals surface area (Å²) < 4.78 is 10.7. The number of amides is 2. The minimum atomic E-state index is -0.603. The minimum absolute atomic E-state index is 0.151. The monoisotopic (exact) mass is 330 g/mol. The van der Waals surface area contributed by atoms with Gasteiger partial charge in [0.05, 0.1) is 12.6 Å². The van der Waals surface area contributed by atoms with E-state index >= 15 is 0 Å². The first-order valence-corrected chi connectivity index (χ1v) is 8.01. The Bertz CT molecular complexity index is 425. The molecule has 0 saturated carbocycles. The van der Waals surface area contributed by atoms with Crippen molar-refractivity contribution in [2.45, 2.75) is 65.2 Å². The number of ether oxygens (including phenoxy) is 2. The third-order valence-corrected chi connectivity index (χ3v) is 3.22. The van der Waals surface area contributed by atoms with Gasteiger partial charge in [-0.25, -0.2) is 9.59 Å². The molecule has 1 aliphatic rings. The molecule has 0 aliphatic carbocycles. The molecule has 1 rings (SSSR count). The molecule has 1 aliphatic heterocycles. The van der Waals surface area contributed by atoms with Crippen molar-refractivity contribution in [3.63, 3.8) is 0 Å². The summed E-state index contributed by atoms with van der Waals surface area (Å²) in [7, 11) is 0. The van der Waals surface area contributed by atoms with Crippen LogP contribution in [0.25, 0.3) is 0 Å². The van der Waals surface area contributed by atoms with Gasteiger partial charge in [-0.2, -0.15) is 0 Å². The molecule has 2 amide bonds. The van der Waals surface area contributed by atoms with E-state index in [0.717, 1.165) is 0 Å². The molecular formula is C16H30N2O5. The molecule has 134 valence electrons. The van der Waals surface area contributed by atoms with Gasteiger partial charge in [0.2, 0.25) is 0 Å². The molecule has 0 aromatic rings. The van der Waals surface area contributed by atoms with E-state index in [1.54, 1.807) is 25.7 Å². The number of rotatable bonds is 3. The Morgan fingerprint density at radius 2 is 1.70 bits per heavy atom. The second kappa shape index (κ2) is 7.38. The Balaban J connectivity index is 2.69. The van der Waals surface area contributed by atoms with Crippen LogP contribution in [-0.2, 0) is 9.47 Å². The van der Waals surface area contributed by atoms with Gasteiger partial charge in [-0.1, -0.05) is 0 Å². The van der Waals surface area contributed by atoms with Crippen molar-refractivity contribution in [3.8, 4) is 0 Å². The molecule has 7 heteroatoms. The van der Waals surface area contributed by atoms with Crippen LogP contribution in [0.2, 0.25) is 0 Å². The van der Waals surface area contributed by atoms with Crippen LogP contribution in [0.15, 0.2) is 0 Å². The Morgan fingerprint density at radius 3 is 2.17 bits per heavy atom. The van der Waals surface area contributed by atoms with Crippen LogP contribution in [0.1, 0.15) is 48.0 Å². The van der Waals surface area contributed by atoms with Crippen molar-refractivity contribution in [3.05, 3.63) is 0 Å². The van der Waals surface area contributed by atoms with Crippen LogP contribution in [0, 0.1) is 0 Å². The lowest BCUT2D eigenvalue weighted by atomic mass is 10.2. The van der Waals surface area contributed by atoms with E-state index in [-0.39, 0.29) is 25.3 Å². The van der Waals surface area contributed by atoms with Crippen LogP contribution >= 0.6 is 0 Å². The van der Waals surface area contributed by atoms with Crippen molar-refractivity contribution >= 4 is 12.2 Å². The highest BCUT2D eigenvalue weighted by Crippen LogP contribution is 2.21. The Morgan fingerprint density at radius 1 is 1.13 bits per heavy atom. The maximum absolute atomic E-state index is 12.3. The third-order valence-electron chi connectivity index (χ3n) is 3.22. The summed E-state index contributed by atoms with van der Waals surface area (Å²) in [5.74, 6) is 0. The zero-order valence-electron chi connectivity index (χ0n) is 15.1. The quantitative estimate of drug-likeness (QED) is 0.858. The number of likely N-dealkylation sites (tertiary alicyclic amines) is 1. The topological polar surface area (TPSA) is 79.3 Å². The lowest BCUT2D eigenvalue weighted by molar-refractivity contribution is 0.0101. The SMILES string of the molecule is CC(C)(C)OC(=O)N1CCC(N(CCO)C(=O)OC(C)(C)C)C1. The lowest BCUT2D eigenvalue weighted by Crippen LogP contribution is -2.46. The summed E-state index contributed by atoms with van der Waals surface area (Å²) in [6.45, 7) is 11.8. The molecule has 7 nitrogen and oxygen atoms in total. The number of carbonyl (C=O) groups is 2. The van der Waals surface area contributed by atoms with E-state index in [9.17, 15) is 14.7 Å². The zero-order valence-corrected chi connectivity index (χ0v) is 15.1. The van der Waals surface area contributed by atoms with Gasteiger partial charge in [0, 0.05) is 19.6 Å². The van der Waals surface area contributed by atoms with Gasteiger partial charge in [-0.3, -0.25) is 0 Å². The molecule has 0 spiro atoms. The summed E-state index contributed by atoms with van der Waals surface area (Å²) in [4.78, 5) is 27.5. The number of aliphatic hydroxyl groups excluding tert-OH is 1. The summed E-state index contributed by atoms with van der Waals surface area (Å²) >= 11 is 0. The number of carbonyl (C=O) groups excluding carboxylic acids is 2. The normalized spacial score (nSPS) is 18.7. The molecular weight excluding hydrogens is 300 g/mol. The fourth-order valence-electron chi connectivity index (χ4n) is 2.34. The van der Waals surface area contributed by atoms with Crippen molar-refractivity contribution in [1.29, 1.82) is 0 Å². The first-order chi connectivity index (χ1) is 10.4.